The third kappa shape index (κ3) is 7.08. The van der Waals surface area contributed by atoms with E-state index < -0.39 is 6.09 Å². The lowest BCUT2D eigenvalue weighted by molar-refractivity contribution is -0.121. The van der Waals surface area contributed by atoms with Crippen molar-refractivity contribution in [2.75, 3.05) is 11.9 Å². The highest BCUT2D eigenvalue weighted by molar-refractivity contribution is 7.13. The minimum atomic E-state index is -0.520. The molecule has 0 aliphatic heterocycles. The minimum absolute atomic E-state index is 0.0661. The summed E-state index contributed by atoms with van der Waals surface area (Å²) in [6.45, 7) is 8.26. The van der Waals surface area contributed by atoms with Gasteiger partial charge < -0.3 is 10.1 Å². The zero-order valence-electron chi connectivity index (χ0n) is 12.9. The molecule has 1 aromatic rings. The smallest absolute Gasteiger partial charge is 0.413 e. The first-order valence-electron chi connectivity index (χ1n) is 7.08. The fraction of sp³-hybridized carbons (Fsp3) is 0.643. The van der Waals surface area contributed by atoms with Crippen LogP contribution in [-0.4, -0.2) is 29.6 Å². The van der Waals surface area contributed by atoms with Crippen LogP contribution in [0.4, 0.5) is 9.93 Å². The van der Waals surface area contributed by atoms with E-state index in [0.717, 1.165) is 6.42 Å². The fourth-order valence-electron chi connectivity index (χ4n) is 1.40. The molecule has 0 aliphatic carbocycles. The molecule has 7 heteroatoms. The van der Waals surface area contributed by atoms with Gasteiger partial charge in [0.05, 0.1) is 18.7 Å². The Balaban J connectivity index is 2.42. The number of ether oxygens (including phenoxy) is 1. The number of hydrogen-bond donors (Lipinski definition) is 2. The SMILES string of the molecule is CCC(C)NC(=O)Cc1csc(NC(=O)OCC(C)C)n1. The molecular formula is C14H23N3O3S. The first-order valence-corrected chi connectivity index (χ1v) is 7.96. The van der Waals surface area contributed by atoms with Crippen LogP contribution in [-0.2, 0) is 16.0 Å². The molecule has 1 heterocycles. The van der Waals surface area contributed by atoms with Gasteiger partial charge >= 0.3 is 6.09 Å². The second kappa shape index (κ2) is 8.61. The standard InChI is InChI=1S/C14H23N3O3S/c1-5-10(4)15-12(18)6-11-8-21-13(16-11)17-14(19)20-7-9(2)3/h8-10H,5-7H2,1-4H3,(H,15,18)(H,16,17,19). The average molecular weight is 313 g/mol. The average Bonchev–Trinajstić information content (AvgIpc) is 2.83. The Morgan fingerprint density at radius 2 is 2.10 bits per heavy atom. The van der Waals surface area contributed by atoms with E-state index in [0.29, 0.717) is 17.4 Å². The van der Waals surface area contributed by atoms with Crippen LogP contribution in [0, 0.1) is 5.92 Å². The van der Waals surface area contributed by atoms with E-state index in [1.54, 1.807) is 5.38 Å². The zero-order valence-corrected chi connectivity index (χ0v) is 13.8. The maximum Gasteiger partial charge on any atom is 0.413 e. The van der Waals surface area contributed by atoms with Gasteiger partial charge in [-0.05, 0) is 19.3 Å². The molecule has 1 unspecified atom stereocenters. The molecular weight excluding hydrogens is 290 g/mol. The van der Waals surface area contributed by atoms with Crippen LogP contribution in [0.25, 0.3) is 0 Å². The Morgan fingerprint density at radius 1 is 1.38 bits per heavy atom. The number of rotatable bonds is 7. The minimum Gasteiger partial charge on any atom is -0.449 e. The third-order valence-electron chi connectivity index (χ3n) is 2.67. The maximum atomic E-state index is 11.7. The maximum absolute atomic E-state index is 11.7. The molecule has 6 nitrogen and oxygen atoms in total. The summed E-state index contributed by atoms with van der Waals surface area (Å²) in [5.74, 6) is 0.218. The van der Waals surface area contributed by atoms with E-state index in [-0.39, 0.29) is 24.3 Å². The van der Waals surface area contributed by atoms with Crippen molar-refractivity contribution in [3.63, 3.8) is 0 Å². The second-order valence-corrected chi connectivity index (χ2v) is 6.17. The second-order valence-electron chi connectivity index (χ2n) is 5.31. The number of thiazole rings is 1. The molecule has 1 aromatic heterocycles. The summed E-state index contributed by atoms with van der Waals surface area (Å²) < 4.78 is 5.00. The largest absolute Gasteiger partial charge is 0.449 e. The van der Waals surface area contributed by atoms with E-state index in [4.69, 9.17) is 4.74 Å². The van der Waals surface area contributed by atoms with E-state index in [9.17, 15) is 9.59 Å². The lowest BCUT2D eigenvalue weighted by Gasteiger charge is -2.10. The number of amides is 2. The molecule has 0 saturated heterocycles. The summed E-state index contributed by atoms with van der Waals surface area (Å²) in [5.41, 5.74) is 0.639. The molecule has 2 N–H and O–H groups in total. The van der Waals surface area contributed by atoms with Crippen molar-refractivity contribution in [3.05, 3.63) is 11.1 Å². The van der Waals surface area contributed by atoms with Gasteiger partial charge in [-0.3, -0.25) is 10.1 Å². The van der Waals surface area contributed by atoms with Gasteiger partial charge in [0.15, 0.2) is 5.13 Å². The summed E-state index contributed by atoms with van der Waals surface area (Å²) in [6.07, 6.45) is 0.578. The molecule has 0 radical (unpaired) electrons. The summed E-state index contributed by atoms with van der Waals surface area (Å²) in [6, 6.07) is 0.153. The quantitative estimate of drug-likeness (QED) is 0.811. The number of carbonyl (C=O) groups excluding carboxylic acids is 2. The highest BCUT2D eigenvalue weighted by Crippen LogP contribution is 2.16. The van der Waals surface area contributed by atoms with Crippen LogP contribution < -0.4 is 10.6 Å². The van der Waals surface area contributed by atoms with E-state index >= 15 is 0 Å². The highest BCUT2D eigenvalue weighted by atomic mass is 32.1. The Labute approximate surface area is 129 Å². The van der Waals surface area contributed by atoms with Gasteiger partial charge in [-0.1, -0.05) is 20.8 Å². The van der Waals surface area contributed by atoms with Gasteiger partial charge in [0.1, 0.15) is 0 Å². The Kier molecular flexibility index (Phi) is 7.14. The zero-order chi connectivity index (χ0) is 15.8. The molecule has 1 atom stereocenters. The summed E-state index contributed by atoms with van der Waals surface area (Å²) in [4.78, 5) is 27.4. The predicted molar refractivity (Wildman–Crippen MR) is 83.5 cm³/mol. The number of carbonyl (C=O) groups is 2. The number of aromatic nitrogens is 1. The van der Waals surface area contributed by atoms with Crippen molar-refractivity contribution in [1.29, 1.82) is 0 Å². The van der Waals surface area contributed by atoms with E-state index in [1.165, 1.54) is 11.3 Å². The van der Waals surface area contributed by atoms with Crippen LogP contribution in [0.15, 0.2) is 5.38 Å². The van der Waals surface area contributed by atoms with Gasteiger partial charge in [-0.2, -0.15) is 0 Å². The van der Waals surface area contributed by atoms with E-state index in [1.807, 2.05) is 27.7 Å². The Morgan fingerprint density at radius 3 is 2.71 bits per heavy atom. The topological polar surface area (TPSA) is 80.3 Å². The normalized spacial score (nSPS) is 12.0. The molecule has 0 aliphatic rings. The van der Waals surface area contributed by atoms with Crippen LogP contribution in [0.5, 0.6) is 0 Å². The van der Waals surface area contributed by atoms with Crippen molar-refractivity contribution in [1.82, 2.24) is 10.3 Å². The first kappa shape index (κ1) is 17.4. The molecule has 118 valence electrons. The number of nitrogens with one attached hydrogen (secondary N) is 2. The number of anilines is 1. The molecule has 0 bridgehead atoms. The fourth-order valence-corrected chi connectivity index (χ4v) is 2.10. The molecule has 1 rings (SSSR count). The van der Waals surface area contributed by atoms with Gasteiger partial charge in [0.25, 0.3) is 0 Å². The monoisotopic (exact) mass is 313 g/mol. The van der Waals surface area contributed by atoms with Gasteiger partial charge in [0.2, 0.25) is 5.91 Å². The molecule has 0 aromatic carbocycles. The number of nitrogens with zero attached hydrogens (tertiary/aromatic N) is 1. The summed E-state index contributed by atoms with van der Waals surface area (Å²) in [5, 5.41) is 7.63. The van der Waals surface area contributed by atoms with Crippen LogP contribution in [0.1, 0.15) is 39.8 Å². The van der Waals surface area contributed by atoms with E-state index in [2.05, 4.69) is 15.6 Å². The third-order valence-corrected chi connectivity index (χ3v) is 3.48. The van der Waals surface area contributed by atoms with Crippen molar-refractivity contribution < 1.29 is 14.3 Å². The lowest BCUT2D eigenvalue weighted by Crippen LogP contribution is -2.33. The predicted octanol–water partition coefficient (Wildman–Crippen LogP) is 2.80. The van der Waals surface area contributed by atoms with Gasteiger partial charge in [-0.15, -0.1) is 11.3 Å². The lowest BCUT2D eigenvalue weighted by atomic mass is 10.2. The molecule has 0 spiro atoms. The Bertz CT molecular complexity index is 474. The number of hydrogen-bond acceptors (Lipinski definition) is 5. The van der Waals surface area contributed by atoms with Crippen molar-refractivity contribution in [2.45, 2.75) is 46.6 Å². The van der Waals surface area contributed by atoms with Gasteiger partial charge in [0, 0.05) is 11.4 Å². The summed E-state index contributed by atoms with van der Waals surface area (Å²) >= 11 is 1.28. The van der Waals surface area contributed by atoms with Crippen molar-refractivity contribution in [2.24, 2.45) is 5.92 Å². The van der Waals surface area contributed by atoms with Crippen LogP contribution in [0.3, 0.4) is 0 Å². The Hall–Kier alpha value is -1.63. The van der Waals surface area contributed by atoms with Crippen LogP contribution >= 0.6 is 11.3 Å². The highest BCUT2D eigenvalue weighted by Gasteiger charge is 2.12. The molecule has 21 heavy (non-hydrogen) atoms. The van der Waals surface area contributed by atoms with Crippen molar-refractivity contribution in [3.8, 4) is 0 Å². The van der Waals surface area contributed by atoms with Gasteiger partial charge in [-0.25, -0.2) is 9.78 Å². The first-order chi connectivity index (χ1) is 9.90. The molecule has 0 fully saturated rings. The molecule has 2 amide bonds. The van der Waals surface area contributed by atoms with Crippen molar-refractivity contribution >= 4 is 28.5 Å². The summed E-state index contributed by atoms with van der Waals surface area (Å²) in [7, 11) is 0. The van der Waals surface area contributed by atoms with Crippen LogP contribution in [0.2, 0.25) is 0 Å². The molecule has 0 saturated carbocycles.